The number of nitrogens with one attached hydrogen (secondary N) is 1. The number of thiophene rings is 1. The highest BCUT2D eigenvalue weighted by Gasteiger charge is 2.18. The Morgan fingerprint density at radius 3 is 2.61 bits per heavy atom. The van der Waals surface area contributed by atoms with Gasteiger partial charge in [-0.05, 0) is 58.1 Å². The van der Waals surface area contributed by atoms with E-state index in [0.717, 1.165) is 24.8 Å². The minimum Gasteiger partial charge on any atom is -0.306 e. The van der Waals surface area contributed by atoms with E-state index in [1.54, 1.807) is 22.1 Å². The van der Waals surface area contributed by atoms with Gasteiger partial charge in [0.1, 0.15) is 5.82 Å². The topological polar surface area (TPSA) is 59.8 Å². The summed E-state index contributed by atoms with van der Waals surface area (Å²) in [6.45, 7) is 8.50. The summed E-state index contributed by atoms with van der Waals surface area (Å²) in [5.41, 5.74) is 3.09. The molecule has 1 N–H and O–H groups in total. The van der Waals surface area contributed by atoms with Crippen molar-refractivity contribution in [3.63, 3.8) is 0 Å². The number of rotatable bonds is 3. The molecule has 5 nitrogen and oxygen atoms in total. The van der Waals surface area contributed by atoms with Gasteiger partial charge in [0.05, 0.1) is 24.6 Å². The van der Waals surface area contributed by atoms with Crippen LogP contribution in [0.5, 0.6) is 0 Å². The third-order valence-corrected chi connectivity index (χ3v) is 6.91. The highest BCUT2D eigenvalue weighted by molar-refractivity contribution is 9.11. The average molecular weight is 475 g/mol. The predicted octanol–water partition coefficient (Wildman–Crippen LogP) is 6.16. The van der Waals surface area contributed by atoms with Gasteiger partial charge in [0, 0.05) is 6.07 Å². The summed E-state index contributed by atoms with van der Waals surface area (Å²) in [6, 6.07) is 11.9. The number of fused-ring (bicyclic) bond motifs is 1. The molecule has 8 heteroatoms. The molecule has 0 unspecified atom stereocenters. The van der Waals surface area contributed by atoms with Gasteiger partial charge in [0.2, 0.25) is 5.13 Å². The lowest BCUT2D eigenvalue weighted by molar-refractivity contribution is 0.103. The molecule has 0 aliphatic heterocycles. The summed E-state index contributed by atoms with van der Waals surface area (Å²) in [4.78, 5) is 17.9. The standard InChI is InChI=1S/C20H19BrN4OS2/c1-11-9-17(23-18(26)14-7-8-16(21)27-14)25(24-11)19-22-13-6-5-12(20(2,3)4)10-15(13)28-19/h5-10H,1-4H3,(H,23,26). The van der Waals surface area contributed by atoms with Crippen LogP contribution in [0.2, 0.25) is 0 Å². The molecule has 4 rings (SSSR count). The van der Waals surface area contributed by atoms with Crippen LogP contribution in [0.4, 0.5) is 5.82 Å². The van der Waals surface area contributed by atoms with Crippen LogP contribution in [-0.4, -0.2) is 20.7 Å². The van der Waals surface area contributed by atoms with Gasteiger partial charge < -0.3 is 5.32 Å². The van der Waals surface area contributed by atoms with Gasteiger partial charge in [-0.15, -0.1) is 11.3 Å². The van der Waals surface area contributed by atoms with E-state index in [4.69, 9.17) is 4.98 Å². The monoisotopic (exact) mass is 474 g/mol. The Bertz CT molecular complexity index is 1180. The molecule has 0 atom stereocenters. The smallest absolute Gasteiger partial charge is 0.266 e. The first-order valence-electron chi connectivity index (χ1n) is 8.75. The maximum absolute atomic E-state index is 12.6. The van der Waals surface area contributed by atoms with Gasteiger partial charge in [-0.3, -0.25) is 4.79 Å². The van der Waals surface area contributed by atoms with Crippen LogP contribution in [0, 0.1) is 6.92 Å². The maximum Gasteiger partial charge on any atom is 0.266 e. The molecule has 1 aromatic carbocycles. The van der Waals surface area contributed by atoms with Crippen molar-refractivity contribution >= 4 is 60.5 Å². The van der Waals surface area contributed by atoms with Crippen LogP contribution < -0.4 is 5.32 Å². The Kier molecular flexibility index (Phi) is 4.89. The Hall–Kier alpha value is -2.03. The molecule has 0 radical (unpaired) electrons. The Labute approximate surface area is 179 Å². The van der Waals surface area contributed by atoms with Gasteiger partial charge in [-0.25, -0.2) is 4.98 Å². The van der Waals surface area contributed by atoms with Gasteiger partial charge in [-0.1, -0.05) is 38.2 Å². The van der Waals surface area contributed by atoms with Crippen molar-refractivity contribution in [2.45, 2.75) is 33.1 Å². The molecule has 0 saturated heterocycles. The molecule has 1 amide bonds. The lowest BCUT2D eigenvalue weighted by atomic mass is 9.87. The molecule has 0 fully saturated rings. The molecule has 144 valence electrons. The van der Waals surface area contributed by atoms with Crippen molar-refractivity contribution < 1.29 is 4.79 Å². The lowest BCUT2D eigenvalue weighted by Gasteiger charge is -2.18. The fourth-order valence-electron chi connectivity index (χ4n) is 2.82. The molecule has 3 aromatic heterocycles. The molecule has 0 bridgehead atoms. The normalized spacial score (nSPS) is 11.9. The molecule has 0 aliphatic carbocycles. The minimum absolute atomic E-state index is 0.0781. The molecule has 4 aromatic rings. The van der Waals surface area contributed by atoms with E-state index >= 15 is 0 Å². The van der Waals surface area contributed by atoms with E-state index in [1.807, 2.05) is 25.1 Å². The molecular weight excluding hydrogens is 456 g/mol. The van der Waals surface area contributed by atoms with Crippen LogP contribution in [0.1, 0.15) is 41.7 Å². The number of hydrogen-bond donors (Lipinski definition) is 1. The van der Waals surface area contributed by atoms with Crippen LogP contribution in [0.15, 0.2) is 40.2 Å². The Balaban J connectivity index is 1.70. The third kappa shape index (κ3) is 3.76. The average Bonchev–Trinajstić information content (AvgIpc) is 3.31. The van der Waals surface area contributed by atoms with Crippen molar-refractivity contribution in [2.75, 3.05) is 5.32 Å². The van der Waals surface area contributed by atoms with Crippen LogP contribution in [-0.2, 0) is 5.41 Å². The van der Waals surface area contributed by atoms with Gasteiger partial charge in [0.25, 0.3) is 5.91 Å². The zero-order valence-corrected chi connectivity index (χ0v) is 19.1. The first-order valence-corrected chi connectivity index (χ1v) is 11.2. The predicted molar refractivity (Wildman–Crippen MR) is 120 cm³/mol. The Morgan fingerprint density at radius 2 is 1.93 bits per heavy atom. The summed E-state index contributed by atoms with van der Waals surface area (Å²) >= 11 is 6.35. The summed E-state index contributed by atoms with van der Waals surface area (Å²) in [7, 11) is 0. The van der Waals surface area contributed by atoms with Gasteiger partial charge in [0.15, 0.2) is 0 Å². The second kappa shape index (κ2) is 7.09. The first kappa shape index (κ1) is 19.3. The highest BCUT2D eigenvalue weighted by atomic mass is 79.9. The van der Waals surface area contributed by atoms with E-state index in [9.17, 15) is 4.79 Å². The molecule has 0 saturated carbocycles. The summed E-state index contributed by atoms with van der Waals surface area (Å²) < 4.78 is 3.73. The van der Waals surface area contributed by atoms with E-state index in [2.05, 4.69) is 59.2 Å². The molecule has 3 heterocycles. The van der Waals surface area contributed by atoms with Crippen LogP contribution >= 0.6 is 38.6 Å². The fraction of sp³-hybridized carbons (Fsp3) is 0.250. The van der Waals surface area contributed by atoms with Crippen molar-refractivity contribution in [3.8, 4) is 5.13 Å². The van der Waals surface area contributed by atoms with Crippen molar-refractivity contribution in [3.05, 3.63) is 56.3 Å². The molecule has 0 aliphatic rings. The number of hydrogen-bond acceptors (Lipinski definition) is 5. The number of aromatic nitrogens is 3. The van der Waals surface area contributed by atoms with E-state index in [-0.39, 0.29) is 11.3 Å². The lowest BCUT2D eigenvalue weighted by Crippen LogP contribution is -2.13. The zero-order chi connectivity index (χ0) is 20.1. The fourth-order valence-corrected chi connectivity index (χ4v) is 5.07. The number of halogens is 1. The minimum atomic E-state index is -0.159. The van der Waals surface area contributed by atoms with Crippen molar-refractivity contribution in [1.29, 1.82) is 0 Å². The highest BCUT2D eigenvalue weighted by Crippen LogP contribution is 2.32. The first-order chi connectivity index (χ1) is 13.2. The quantitative estimate of drug-likeness (QED) is 0.386. The number of nitrogens with zero attached hydrogens (tertiary/aromatic N) is 3. The number of thiazole rings is 1. The number of anilines is 1. The van der Waals surface area contributed by atoms with E-state index in [1.165, 1.54) is 16.9 Å². The number of carbonyl (C=O) groups is 1. The van der Waals surface area contributed by atoms with Crippen LogP contribution in [0.25, 0.3) is 15.3 Å². The van der Waals surface area contributed by atoms with E-state index < -0.39 is 0 Å². The summed E-state index contributed by atoms with van der Waals surface area (Å²) in [5, 5.41) is 8.23. The second-order valence-electron chi connectivity index (χ2n) is 7.57. The zero-order valence-electron chi connectivity index (χ0n) is 15.9. The third-order valence-electron chi connectivity index (χ3n) is 4.29. The van der Waals surface area contributed by atoms with Gasteiger partial charge >= 0.3 is 0 Å². The molecule has 0 spiro atoms. The van der Waals surface area contributed by atoms with Crippen molar-refractivity contribution in [1.82, 2.24) is 14.8 Å². The van der Waals surface area contributed by atoms with E-state index in [0.29, 0.717) is 10.7 Å². The van der Waals surface area contributed by atoms with Gasteiger partial charge in [-0.2, -0.15) is 9.78 Å². The number of aryl methyl sites for hydroxylation is 1. The largest absolute Gasteiger partial charge is 0.306 e. The molecule has 28 heavy (non-hydrogen) atoms. The van der Waals surface area contributed by atoms with Crippen LogP contribution in [0.3, 0.4) is 0 Å². The second-order valence-corrected chi connectivity index (χ2v) is 11.0. The number of carbonyl (C=O) groups excluding carboxylic acids is 1. The molecular formula is C20H19BrN4OS2. The number of amides is 1. The number of benzene rings is 1. The summed E-state index contributed by atoms with van der Waals surface area (Å²) in [6.07, 6.45) is 0. The Morgan fingerprint density at radius 1 is 1.14 bits per heavy atom. The summed E-state index contributed by atoms with van der Waals surface area (Å²) in [5.74, 6) is 0.454. The van der Waals surface area contributed by atoms with Crippen molar-refractivity contribution in [2.24, 2.45) is 0 Å². The SMILES string of the molecule is Cc1cc(NC(=O)c2ccc(Br)s2)n(-c2nc3ccc(C(C)(C)C)cc3s2)n1. The maximum atomic E-state index is 12.6.